The number of nitrogens with zero attached hydrogens (tertiary/aromatic N) is 7. The Balaban J connectivity index is 1.60. The van der Waals surface area contributed by atoms with Crippen molar-refractivity contribution in [3.8, 4) is 11.1 Å². The van der Waals surface area contributed by atoms with Crippen molar-refractivity contribution < 1.29 is 0 Å². The van der Waals surface area contributed by atoms with Crippen LogP contribution in [0, 0.1) is 20.8 Å². The van der Waals surface area contributed by atoms with Crippen LogP contribution in [0.1, 0.15) is 55.6 Å². The fourth-order valence-corrected chi connectivity index (χ4v) is 5.91. The molecule has 0 aliphatic carbocycles. The summed E-state index contributed by atoms with van der Waals surface area (Å²) in [6.45, 7) is 13.3. The van der Waals surface area contributed by atoms with Gasteiger partial charge in [0.25, 0.3) is 0 Å². The van der Waals surface area contributed by atoms with Gasteiger partial charge in [0.2, 0.25) is 5.95 Å². The summed E-state index contributed by atoms with van der Waals surface area (Å²) in [6.07, 6.45) is 7.59. The maximum Gasteiger partial charge on any atom is 0.225 e. The van der Waals surface area contributed by atoms with Crippen molar-refractivity contribution in [2.24, 2.45) is 5.73 Å². The van der Waals surface area contributed by atoms with Gasteiger partial charge in [-0.15, -0.1) is 0 Å². The summed E-state index contributed by atoms with van der Waals surface area (Å²) in [4.78, 5) is 18.9. The third kappa shape index (κ3) is 4.85. The molecule has 4 heterocycles. The van der Waals surface area contributed by atoms with Gasteiger partial charge in [0.05, 0.1) is 11.3 Å². The minimum absolute atomic E-state index is 0.160. The van der Waals surface area contributed by atoms with Crippen molar-refractivity contribution in [3.05, 3.63) is 65.2 Å². The van der Waals surface area contributed by atoms with Crippen LogP contribution in [0.4, 0.5) is 11.8 Å². The zero-order valence-electron chi connectivity index (χ0n) is 23.4. The van der Waals surface area contributed by atoms with E-state index in [0.717, 1.165) is 73.1 Å². The van der Waals surface area contributed by atoms with Gasteiger partial charge in [-0.1, -0.05) is 31.5 Å². The van der Waals surface area contributed by atoms with Crippen molar-refractivity contribution in [2.45, 2.75) is 72.4 Å². The SMILES string of the molecule is CCCc1cc(N(C(C)CN)C2CCN(c3ncccn3)CC2)n2nc(C)c(-c3c(C)cccc3C)c2n1. The molecule has 0 saturated carbocycles. The Hall–Kier alpha value is -3.52. The van der Waals surface area contributed by atoms with E-state index < -0.39 is 0 Å². The second-order valence-corrected chi connectivity index (χ2v) is 10.6. The van der Waals surface area contributed by atoms with Crippen LogP contribution in [0.2, 0.25) is 0 Å². The van der Waals surface area contributed by atoms with E-state index in [1.165, 1.54) is 16.7 Å². The van der Waals surface area contributed by atoms with Crippen molar-refractivity contribution in [3.63, 3.8) is 0 Å². The van der Waals surface area contributed by atoms with Crippen LogP contribution < -0.4 is 15.5 Å². The van der Waals surface area contributed by atoms with Gasteiger partial charge >= 0.3 is 0 Å². The zero-order chi connectivity index (χ0) is 26.8. The number of benzene rings is 1. The molecular weight excluding hydrogens is 472 g/mol. The fraction of sp³-hybridized carbons (Fsp3) is 0.467. The molecule has 8 nitrogen and oxygen atoms in total. The van der Waals surface area contributed by atoms with E-state index in [4.69, 9.17) is 15.8 Å². The number of aryl methyl sites for hydroxylation is 4. The number of aromatic nitrogens is 5. The highest BCUT2D eigenvalue weighted by molar-refractivity contribution is 5.84. The van der Waals surface area contributed by atoms with E-state index in [-0.39, 0.29) is 6.04 Å². The molecule has 38 heavy (non-hydrogen) atoms. The van der Waals surface area contributed by atoms with Gasteiger partial charge in [-0.05, 0) is 69.7 Å². The van der Waals surface area contributed by atoms with Crippen molar-refractivity contribution in [1.82, 2.24) is 24.6 Å². The molecule has 2 N–H and O–H groups in total. The Morgan fingerprint density at radius 2 is 1.71 bits per heavy atom. The van der Waals surface area contributed by atoms with Gasteiger partial charge in [-0.3, -0.25) is 0 Å². The van der Waals surface area contributed by atoms with Gasteiger partial charge in [-0.2, -0.15) is 9.61 Å². The number of piperidine rings is 1. The van der Waals surface area contributed by atoms with E-state index >= 15 is 0 Å². The molecule has 0 bridgehead atoms. The molecule has 1 saturated heterocycles. The summed E-state index contributed by atoms with van der Waals surface area (Å²) >= 11 is 0. The monoisotopic (exact) mass is 512 g/mol. The smallest absolute Gasteiger partial charge is 0.225 e. The van der Waals surface area contributed by atoms with Crippen LogP contribution in [0.25, 0.3) is 16.8 Å². The molecule has 0 spiro atoms. The number of fused-ring (bicyclic) bond motifs is 1. The highest BCUT2D eigenvalue weighted by Gasteiger charge is 2.31. The lowest BCUT2D eigenvalue weighted by atomic mass is 9.96. The van der Waals surface area contributed by atoms with E-state index in [1.807, 2.05) is 18.5 Å². The number of anilines is 2. The number of rotatable bonds is 8. The molecule has 3 aromatic heterocycles. The minimum atomic E-state index is 0.160. The number of hydrogen-bond donors (Lipinski definition) is 1. The molecule has 4 aromatic rings. The van der Waals surface area contributed by atoms with E-state index in [0.29, 0.717) is 12.6 Å². The first-order chi connectivity index (χ1) is 18.4. The average Bonchev–Trinajstić information content (AvgIpc) is 3.25. The zero-order valence-corrected chi connectivity index (χ0v) is 23.4. The summed E-state index contributed by atoms with van der Waals surface area (Å²) in [7, 11) is 0. The molecule has 0 radical (unpaired) electrons. The van der Waals surface area contributed by atoms with Gasteiger partial charge in [0.1, 0.15) is 5.82 Å². The lowest BCUT2D eigenvalue weighted by molar-refractivity contribution is 0.427. The Morgan fingerprint density at radius 1 is 1.03 bits per heavy atom. The highest BCUT2D eigenvalue weighted by Crippen LogP contribution is 2.36. The molecular formula is C30H40N8. The maximum atomic E-state index is 6.32. The standard InChI is InChI=1S/C30H40N8/c1-6-9-24-18-26(38-29(34-24)28(23(5)35-38)27-20(2)10-7-11-21(27)3)37(22(4)19-31)25-12-16-36(17-13-25)30-32-14-8-15-33-30/h7-8,10-11,14-15,18,22,25H,6,9,12-13,16-17,19,31H2,1-5H3. The van der Waals surface area contributed by atoms with E-state index in [9.17, 15) is 0 Å². The van der Waals surface area contributed by atoms with Crippen molar-refractivity contribution >= 4 is 17.4 Å². The quantitative estimate of drug-likeness (QED) is 0.360. The topological polar surface area (TPSA) is 88.5 Å². The number of hydrogen-bond acceptors (Lipinski definition) is 7. The first-order valence-corrected chi connectivity index (χ1v) is 13.9. The molecule has 1 aliphatic rings. The van der Waals surface area contributed by atoms with Gasteiger partial charge in [0.15, 0.2) is 5.65 Å². The Bertz CT molecular complexity index is 1370. The minimum Gasteiger partial charge on any atom is -0.349 e. The van der Waals surface area contributed by atoms with E-state index in [1.54, 1.807) is 0 Å². The summed E-state index contributed by atoms with van der Waals surface area (Å²) in [5.74, 6) is 1.90. The molecule has 1 aromatic carbocycles. The van der Waals surface area contributed by atoms with E-state index in [2.05, 4.69) is 83.2 Å². The van der Waals surface area contributed by atoms with Crippen LogP contribution >= 0.6 is 0 Å². The predicted molar refractivity (Wildman–Crippen MR) is 155 cm³/mol. The average molecular weight is 513 g/mol. The maximum absolute atomic E-state index is 6.32. The second-order valence-electron chi connectivity index (χ2n) is 10.6. The van der Waals surface area contributed by atoms with Gasteiger partial charge in [0, 0.05) is 55.9 Å². The molecule has 1 aliphatic heterocycles. The molecule has 5 rings (SSSR count). The number of nitrogens with two attached hydrogens (primary N) is 1. The molecule has 0 amide bonds. The largest absolute Gasteiger partial charge is 0.349 e. The van der Waals surface area contributed by atoms with Crippen LogP contribution in [0.15, 0.2) is 42.7 Å². The lowest BCUT2D eigenvalue weighted by Crippen LogP contribution is -2.51. The first kappa shape index (κ1) is 26.1. The third-order valence-electron chi connectivity index (χ3n) is 7.81. The lowest BCUT2D eigenvalue weighted by Gasteiger charge is -2.42. The summed E-state index contributed by atoms with van der Waals surface area (Å²) in [5, 5.41) is 5.11. The molecule has 1 unspecified atom stereocenters. The predicted octanol–water partition coefficient (Wildman–Crippen LogP) is 4.89. The normalized spacial score (nSPS) is 15.3. The molecule has 1 atom stereocenters. The Morgan fingerprint density at radius 3 is 2.34 bits per heavy atom. The second kappa shape index (κ2) is 11.1. The summed E-state index contributed by atoms with van der Waals surface area (Å²) in [5.41, 5.74) is 14.2. The fourth-order valence-electron chi connectivity index (χ4n) is 5.91. The van der Waals surface area contributed by atoms with Crippen molar-refractivity contribution in [2.75, 3.05) is 29.4 Å². The van der Waals surface area contributed by atoms with Crippen LogP contribution in [0.3, 0.4) is 0 Å². The molecule has 1 fully saturated rings. The first-order valence-electron chi connectivity index (χ1n) is 13.9. The Kier molecular flexibility index (Phi) is 7.61. The highest BCUT2D eigenvalue weighted by atomic mass is 15.4. The summed E-state index contributed by atoms with van der Waals surface area (Å²) < 4.78 is 2.08. The van der Waals surface area contributed by atoms with Gasteiger partial charge in [-0.25, -0.2) is 15.0 Å². The van der Waals surface area contributed by atoms with Crippen LogP contribution in [-0.2, 0) is 6.42 Å². The molecule has 200 valence electrons. The Labute approximate surface area is 225 Å². The van der Waals surface area contributed by atoms with Crippen molar-refractivity contribution in [1.29, 1.82) is 0 Å². The third-order valence-corrected chi connectivity index (χ3v) is 7.81. The van der Waals surface area contributed by atoms with Crippen LogP contribution in [0.5, 0.6) is 0 Å². The van der Waals surface area contributed by atoms with Gasteiger partial charge < -0.3 is 15.5 Å². The summed E-state index contributed by atoms with van der Waals surface area (Å²) in [6, 6.07) is 11.1. The molecule has 8 heteroatoms. The van der Waals surface area contributed by atoms with Crippen LogP contribution in [-0.4, -0.2) is 56.3 Å².